The van der Waals surface area contributed by atoms with E-state index in [1.54, 1.807) is 22.7 Å². The van der Waals surface area contributed by atoms with Crippen molar-refractivity contribution in [2.24, 2.45) is 0 Å². The van der Waals surface area contributed by atoms with E-state index in [4.69, 9.17) is 0 Å². The fourth-order valence-electron chi connectivity index (χ4n) is 1.60. The van der Waals surface area contributed by atoms with Gasteiger partial charge in [0.05, 0.1) is 22.3 Å². The minimum Gasteiger partial charge on any atom is -0.364 e. The standard InChI is InChI=1S/C11H11N5S2/c1-12-11-15-8-2-3-17-9(8)10(16-11)14-5-7-4-13-6-18-7/h2-4,6H,5H2,1H3,(H2,12,14,15,16). The van der Waals surface area contributed by atoms with Gasteiger partial charge in [-0.2, -0.15) is 4.98 Å². The van der Waals surface area contributed by atoms with Crippen molar-refractivity contribution in [1.29, 1.82) is 0 Å². The first-order chi connectivity index (χ1) is 8.86. The fraction of sp³-hybridized carbons (Fsp3) is 0.182. The van der Waals surface area contributed by atoms with Gasteiger partial charge in [-0.25, -0.2) is 4.98 Å². The molecule has 0 fully saturated rings. The monoisotopic (exact) mass is 277 g/mol. The molecule has 3 aromatic rings. The van der Waals surface area contributed by atoms with Gasteiger partial charge in [0, 0.05) is 18.1 Å². The van der Waals surface area contributed by atoms with Crippen molar-refractivity contribution in [3.05, 3.63) is 28.0 Å². The lowest BCUT2D eigenvalue weighted by atomic mass is 10.4. The van der Waals surface area contributed by atoms with Crippen molar-refractivity contribution < 1.29 is 0 Å². The van der Waals surface area contributed by atoms with E-state index in [-0.39, 0.29) is 0 Å². The SMILES string of the molecule is CNc1nc(NCc2cncs2)c2sccc2n1. The molecule has 5 nitrogen and oxygen atoms in total. The Kier molecular flexibility index (Phi) is 3.07. The lowest BCUT2D eigenvalue weighted by Gasteiger charge is -2.07. The maximum absolute atomic E-state index is 4.45. The Labute approximate surface area is 112 Å². The van der Waals surface area contributed by atoms with Crippen LogP contribution in [-0.2, 0) is 6.54 Å². The van der Waals surface area contributed by atoms with Gasteiger partial charge in [-0.15, -0.1) is 22.7 Å². The first-order valence-corrected chi connectivity index (χ1v) is 7.17. The molecule has 3 aromatic heterocycles. The summed E-state index contributed by atoms with van der Waals surface area (Å²) in [4.78, 5) is 14.1. The Morgan fingerprint density at radius 1 is 1.28 bits per heavy atom. The molecule has 0 aromatic carbocycles. The number of hydrogen-bond donors (Lipinski definition) is 2. The van der Waals surface area contributed by atoms with Gasteiger partial charge in [0.25, 0.3) is 0 Å². The molecular formula is C11H11N5S2. The van der Waals surface area contributed by atoms with Crippen LogP contribution in [0.4, 0.5) is 11.8 Å². The maximum atomic E-state index is 4.45. The zero-order valence-electron chi connectivity index (χ0n) is 9.67. The van der Waals surface area contributed by atoms with E-state index in [9.17, 15) is 0 Å². The number of hydrogen-bond acceptors (Lipinski definition) is 7. The summed E-state index contributed by atoms with van der Waals surface area (Å²) < 4.78 is 1.08. The lowest BCUT2D eigenvalue weighted by molar-refractivity contribution is 1.12. The van der Waals surface area contributed by atoms with Crippen molar-refractivity contribution in [2.75, 3.05) is 17.7 Å². The van der Waals surface area contributed by atoms with Crippen LogP contribution < -0.4 is 10.6 Å². The summed E-state index contributed by atoms with van der Waals surface area (Å²) >= 11 is 3.27. The van der Waals surface area contributed by atoms with Crippen LogP contribution >= 0.6 is 22.7 Å². The van der Waals surface area contributed by atoms with Gasteiger partial charge in [-0.1, -0.05) is 0 Å². The Morgan fingerprint density at radius 3 is 3.00 bits per heavy atom. The van der Waals surface area contributed by atoms with Gasteiger partial charge in [0.1, 0.15) is 5.82 Å². The molecule has 2 N–H and O–H groups in total. The van der Waals surface area contributed by atoms with E-state index in [0.717, 1.165) is 22.6 Å². The predicted octanol–water partition coefficient (Wildman–Crippen LogP) is 2.80. The molecule has 0 atom stereocenters. The van der Waals surface area contributed by atoms with Gasteiger partial charge >= 0.3 is 0 Å². The molecule has 3 heterocycles. The number of nitrogens with zero attached hydrogens (tertiary/aromatic N) is 3. The molecule has 0 saturated carbocycles. The van der Waals surface area contributed by atoms with Crippen molar-refractivity contribution >= 4 is 44.7 Å². The van der Waals surface area contributed by atoms with E-state index in [1.807, 2.05) is 30.2 Å². The van der Waals surface area contributed by atoms with Crippen molar-refractivity contribution in [3.63, 3.8) is 0 Å². The van der Waals surface area contributed by atoms with Crippen LogP contribution in [0.3, 0.4) is 0 Å². The largest absolute Gasteiger partial charge is 0.364 e. The van der Waals surface area contributed by atoms with Gasteiger partial charge in [-0.05, 0) is 11.4 Å². The van der Waals surface area contributed by atoms with Gasteiger partial charge in [0.2, 0.25) is 5.95 Å². The number of anilines is 2. The predicted molar refractivity (Wildman–Crippen MR) is 76.4 cm³/mol. The van der Waals surface area contributed by atoms with Crippen molar-refractivity contribution in [1.82, 2.24) is 15.0 Å². The molecule has 3 rings (SSSR count). The molecule has 0 amide bonds. The zero-order chi connectivity index (χ0) is 12.4. The van der Waals surface area contributed by atoms with Crippen molar-refractivity contribution in [3.8, 4) is 0 Å². The Balaban J connectivity index is 1.92. The molecule has 7 heteroatoms. The Hall–Kier alpha value is -1.73. The second kappa shape index (κ2) is 4.87. The second-order valence-corrected chi connectivity index (χ2v) is 5.49. The van der Waals surface area contributed by atoms with Crippen LogP contribution in [0.15, 0.2) is 23.2 Å². The first-order valence-electron chi connectivity index (χ1n) is 5.41. The first kappa shape index (κ1) is 11.4. The van der Waals surface area contributed by atoms with Crippen molar-refractivity contribution in [2.45, 2.75) is 6.54 Å². The molecule has 0 aliphatic rings. The number of nitrogens with one attached hydrogen (secondary N) is 2. The van der Waals surface area contributed by atoms with Crippen LogP contribution in [0.25, 0.3) is 10.2 Å². The van der Waals surface area contributed by atoms with Crippen LogP contribution in [0.1, 0.15) is 4.88 Å². The lowest BCUT2D eigenvalue weighted by Crippen LogP contribution is -2.03. The highest BCUT2D eigenvalue weighted by molar-refractivity contribution is 7.17. The van der Waals surface area contributed by atoms with E-state index < -0.39 is 0 Å². The van der Waals surface area contributed by atoms with Gasteiger partial charge in [-0.3, -0.25) is 4.98 Å². The molecule has 92 valence electrons. The topological polar surface area (TPSA) is 62.7 Å². The number of thiazole rings is 1. The van der Waals surface area contributed by atoms with Crippen LogP contribution in [-0.4, -0.2) is 22.0 Å². The number of fused-ring (bicyclic) bond motifs is 1. The molecule has 0 spiro atoms. The Bertz CT molecular complexity index is 647. The summed E-state index contributed by atoms with van der Waals surface area (Å²) in [5, 5.41) is 8.34. The summed E-state index contributed by atoms with van der Waals surface area (Å²) in [7, 11) is 1.82. The third-order valence-electron chi connectivity index (χ3n) is 2.44. The van der Waals surface area contributed by atoms with E-state index in [1.165, 1.54) is 4.88 Å². The molecule has 0 saturated heterocycles. The maximum Gasteiger partial charge on any atom is 0.225 e. The van der Waals surface area contributed by atoms with E-state index in [2.05, 4.69) is 25.6 Å². The van der Waals surface area contributed by atoms with Crippen LogP contribution in [0.2, 0.25) is 0 Å². The van der Waals surface area contributed by atoms with Crippen LogP contribution in [0, 0.1) is 0 Å². The minimum absolute atomic E-state index is 0.632. The Morgan fingerprint density at radius 2 is 2.22 bits per heavy atom. The molecule has 0 radical (unpaired) electrons. The van der Waals surface area contributed by atoms with Gasteiger partial charge < -0.3 is 10.6 Å². The molecular weight excluding hydrogens is 266 g/mol. The van der Waals surface area contributed by atoms with Gasteiger partial charge in [0.15, 0.2) is 0 Å². The molecule has 0 unspecified atom stereocenters. The third-order valence-corrected chi connectivity index (χ3v) is 4.13. The molecule has 18 heavy (non-hydrogen) atoms. The summed E-state index contributed by atoms with van der Waals surface area (Å²) in [6.07, 6.45) is 1.86. The highest BCUT2D eigenvalue weighted by Crippen LogP contribution is 2.27. The quantitative estimate of drug-likeness (QED) is 0.768. The molecule has 0 aliphatic heterocycles. The summed E-state index contributed by atoms with van der Waals surface area (Å²) in [6, 6.07) is 2.00. The zero-order valence-corrected chi connectivity index (χ0v) is 11.3. The normalized spacial score (nSPS) is 10.7. The highest BCUT2D eigenvalue weighted by atomic mass is 32.1. The highest BCUT2D eigenvalue weighted by Gasteiger charge is 2.08. The summed E-state index contributed by atoms with van der Waals surface area (Å²) in [5.74, 6) is 1.50. The third kappa shape index (κ3) is 2.14. The average Bonchev–Trinajstić information content (AvgIpc) is 3.06. The number of thiophene rings is 1. The summed E-state index contributed by atoms with van der Waals surface area (Å²) in [5.41, 5.74) is 2.79. The molecule has 0 aliphatic carbocycles. The fourth-order valence-corrected chi connectivity index (χ4v) is 2.93. The van der Waals surface area contributed by atoms with Crippen LogP contribution in [0.5, 0.6) is 0 Å². The number of aromatic nitrogens is 3. The number of rotatable bonds is 4. The summed E-state index contributed by atoms with van der Waals surface area (Å²) in [6.45, 7) is 0.734. The minimum atomic E-state index is 0.632. The van der Waals surface area contributed by atoms with E-state index in [0.29, 0.717) is 5.95 Å². The van der Waals surface area contributed by atoms with E-state index >= 15 is 0 Å². The second-order valence-electron chi connectivity index (χ2n) is 3.60. The smallest absolute Gasteiger partial charge is 0.225 e. The average molecular weight is 277 g/mol. The molecule has 0 bridgehead atoms.